The van der Waals surface area contributed by atoms with Gasteiger partial charge in [0, 0.05) is 41.5 Å². The van der Waals surface area contributed by atoms with Gasteiger partial charge in [0.25, 0.3) is 0 Å². The summed E-state index contributed by atoms with van der Waals surface area (Å²) in [5.41, 5.74) is 4.95. The Bertz CT molecular complexity index is 949. The third kappa shape index (κ3) is 2.12. The summed E-state index contributed by atoms with van der Waals surface area (Å²) >= 11 is 6.19. The summed E-state index contributed by atoms with van der Waals surface area (Å²) in [6.07, 6.45) is 8.72. The Labute approximate surface area is 131 Å². The summed E-state index contributed by atoms with van der Waals surface area (Å²) in [5.74, 6) is 0. The third-order valence-electron chi connectivity index (χ3n) is 3.41. The molecular weight excluding hydrogens is 298 g/mol. The molecule has 0 atom stereocenters. The van der Waals surface area contributed by atoms with Gasteiger partial charge in [0.15, 0.2) is 5.65 Å². The Morgan fingerprint density at radius 3 is 2.64 bits per heavy atom. The van der Waals surface area contributed by atoms with E-state index < -0.39 is 0 Å². The van der Waals surface area contributed by atoms with Crippen molar-refractivity contribution in [3.8, 4) is 22.4 Å². The molecule has 0 aromatic carbocycles. The highest BCUT2D eigenvalue weighted by Gasteiger charge is 2.13. The fraction of sp³-hybridized carbons (Fsp3) is 0. The second kappa shape index (κ2) is 5.20. The molecule has 0 radical (unpaired) electrons. The molecule has 0 saturated carbocycles. The van der Waals surface area contributed by atoms with E-state index in [0.717, 1.165) is 27.9 Å². The van der Waals surface area contributed by atoms with E-state index >= 15 is 0 Å². The maximum atomic E-state index is 6.19. The van der Waals surface area contributed by atoms with Gasteiger partial charge in [-0.2, -0.15) is 0 Å². The van der Waals surface area contributed by atoms with Gasteiger partial charge in [-0.25, -0.2) is 15.0 Å². The summed E-state index contributed by atoms with van der Waals surface area (Å²) in [5, 5.41) is 0.444. The Hall–Kier alpha value is -2.79. The second-order valence-corrected chi connectivity index (χ2v) is 5.09. The molecule has 0 aliphatic heterocycles. The van der Waals surface area contributed by atoms with E-state index in [4.69, 9.17) is 16.6 Å². The van der Waals surface area contributed by atoms with E-state index in [-0.39, 0.29) is 0 Å². The lowest BCUT2D eigenvalue weighted by atomic mass is 10.1. The molecule has 0 fully saturated rings. The van der Waals surface area contributed by atoms with Crippen LogP contribution in [0.4, 0.5) is 0 Å². The van der Waals surface area contributed by atoms with Crippen molar-refractivity contribution < 1.29 is 0 Å². The molecule has 106 valence electrons. The Kier molecular flexibility index (Phi) is 3.05. The van der Waals surface area contributed by atoms with Crippen molar-refractivity contribution in [3.63, 3.8) is 0 Å². The maximum absolute atomic E-state index is 6.19. The normalized spacial score (nSPS) is 11.0. The number of H-pyrrole nitrogens is 1. The minimum absolute atomic E-state index is 0.444. The number of fused-ring (bicyclic) bond motifs is 1. The van der Waals surface area contributed by atoms with E-state index in [9.17, 15) is 0 Å². The average molecular weight is 308 g/mol. The molecule has 0 bridgehead atoms. The summed E-state index contributed by atoms with van der Waals surface area (Å²) in [6, 6.07) is 7.57. The standard InChI is InChI=1S/C16H10ClN5/c17-15-11(2-1-5-19-15)12-8-20-16-14(12)22-13(9-21-16)10-3-6-18-7-4-10/h1-9H,(H,20,21). The minimum Gasteiger partial charge on any atom is -0.344 e. The Balaban J connectivity index is 1.93. The number of halogens is 1. The lowest BCUT2D eigenvalue weighted by Gasteiger charge is -2.03. The van der Waals surface area contributed by atoms with Crippen LogP contribution < -0.4 is 0 Å². The van der Waals surface area contributed by atoms with Crippen molar-refractivity contribution in [2.45, 2.75) is 0 Å². The third-order valence-corrected chi connectivity index (χ3v) is 3.71. The van der Waals surface area contributed by atoms with Crippen LogP contribution in [0, 0.1) is 0 Å². The van der Waals surface area contributed by atoms with Crippen molar-refractivity contribution in [3.05, 3.63) is 60.4 Å². The fourth-order valence-corrected chi connectivity index (χ4v) is 2.57. The first kappa shape index (κ1) is 12.9. The van der Waals surface area contributed by atoms with Crippen LogP contribution in [0.2, 0.25) is 5.15 Å². The quantitative estimate of drug-likeness (QED) is 0.573. The minimum atomic E-state index is 0.444. The van der Waals surface area contributed by atoms with E-state index in [2.05, 4.69) is 19.9 Å². The monoisotopic (exact) mass is 307 g/mol. The summed E-state index contributed by atoms with van der Waals surface area (Å²) in [4.78, 5) is 20.4. The SMILES string of the molecule is Clc1ncccc1-c1c[nH]c2ncc(-c3ccncc3)nc12. The zero-order valence-corrected chi connectivity index (χ0v) is 12.1. The van der Waals surface area contributed by atoms with E-state index in [1.54, 1.807) is 24.8 Å². The second-order valence-electron chi connectivity index (χ2n) is 4.73. The first-order valence-corrected chi connectivity index (χ1v) is 7.06. The number of pyridine rings is 2. The highest BCUT2D eigenvalue weighted by Crippen LogP contribution is 2.31. The number of aromatic amines is 1. The molecule has 6 heteroatoms. The Morgan fingerprint density at radius 1 is 0.955 bits per heavy atom. The lowest BCUT2D eigenvalue weighted by Crippen LogP contribution is -1.89. The van der Waals surface area contributed by atoms with Crippen molar-refractivity contribution in [1.82, 2.24) is 24.9 Å². The van der Waals surface area contributed by atoms with Crippen LogP contribution in [0.1, 0.15) is 0 Å². The molecule has 5 nitrogen and oxygen atoms in total. The molecule has 0 saturated heterocycles. The highest BCUT2D eigenvalue weighted by atomic mass is 35.5. The highest BCUT2D eigenvalue weighted by molar-refractivity contribution is 6.32. The van der Waals surface area contributed by atoms with Gasteiger partial charge in [-0.1, -0.05) is 11.6 Å². The van der Waals surface area contributed by atoms with Gasteiger partial charge in [-0.05, 0) is 24.3 Å². The van der Waals surface area contributed by atoms with Gasteiger partial charge < -0.3 is 4.98 Å². The molecule has 0 aliphatic rings. The van der Waals surface area contributed by atoms with Crippen LogP contribution in [0.15, 0.2) is 55.2 Å². The fourth-order valence-electron chi connectivity index (χ4n) is 2.35. The number of hydrogen-bond acceptors (Lipinski definition) is 4. The lowest BCUT2D eigenvalue weighted by molar-refractivity contribution is 1.25. The predicted octanol–water partition coefficient (Wildman–Crippen LogP) is 3.74. The largest absolute Gasteiger partial charge is 0.344 e. The molecule has 0 unspecified atom stereocenters. The van der Waals surface area contributed by atoms with Crippen LogP contribution >= 0.6 is 11.6 Å². The molecule has 1 N–H and O–H groups in total. The van der Waals surface area contributed by atoms with Crippen LogP contribution in [-0.2, 0) is 0 Å². The van der Waals surface area contributed by atoms with Crippen LogP contribution in [0.3, 0.4) is 0 Å². The van der Waals surface area contributed by atoms with Crippen molar-refractivity contribution in [2.75, 3.05) is 0 Å². The smallest absolute Gasteiger partial charge is 0.156 e. The average Bonchev–Trinajstić information content (AvgIpc) is 2.99. The topological polar surface area (TPSA) is 67.3 Å². The summed E-state index contributed by atoms with van der Waals surface area (Å²) in [6.45, 7) is 0. The van der Waals surface area contributed by atoms with Gasteiger partial charge in [-0.15, -0.1) is 0 Å². The number of aromatic nitrogens is 5. The number of nitrogens with one attached hydrogen (secondary N) is 1. The predicted molar refractivity (Wildman–Crippen MR) is 85.4 cm³/mol. The summed E-state index contributed by atoms with van der Waals surface area (Å²) in [7, 11) is 0. The molecule has 22 heavy (non-hydrogen) atoms. The number of hydrogen-bond donors (Lipinski definition) is 1. The molecule has 0 amide bonds. The first-order chi connectivity index (χ1) is 10.8. The van der Waals surface area contributed by atoms with Crippen molar-refractivity contribution in [1.29, 1.82) is 0 Å². The molecule has 0 aliphatic carbocycles. The maximum Gasteiger partial charge on any atom is 0.156 e. The molecular formula is C16H10ClN5. The van der Waals surface area contributed by atoms with Crippen molar-refractivity contribution in [2.24, 2.45) is 0 Å². The summed E-state index contributed by atoms with van der Waals surface area (Å²) < 4.78 is 0. The van der Waals surface area contributed by atoms with E-state index in [0.29, 0.717) is 10.8 Å². The van der Waals surface area contributed by atoms with Gasteiger partial charge in [-0.3, -0.25) is 4.98 Å². The zero-order valence-electron chi connectivity index (χ0n) is 11.4. The molecule has 4 aromatic heterocycles. The van der Waals surface area contributed by atoms with E-state index in [1.165, 1.54) is 0 Å². The van der Waals surface area contributed by atoms with Crippen LogP contribution in [0.5, 0.6) is 0 Å². The number of nitrogens with zero attached hydrogens (tertiary/aromatic N) is 4. The Morgan fingerprint density at radius 2 is 1.82 bits per heavy atom. The van der Waals surface area contributed by atoms with E-state index in [1.807, 2.05) is 30.5 Å². The van der Waals surface area contributed by atoms with Crippen LogP contribution in [-0.4, -0.2) is 24.9 Å². The first-order valence-electron chi connectivity index (χ1n) is 6.68. The van der Waals surface area contributed by atoms with Crippen LogP contribution in [0.25, 0.3) is 33.5 Å². The van der Waals surface area contributed by atoms with Crippen molar-refractivity contribution >= 4 is 22.8 Å². The molecule has 4 heterocycles. The zero-order chi connectivity index (χ0) is 14.9. The molecule has 4 rings (SSSR count). The molecule has 4 aromatic rings. The van der Waals surface area contributed by atoms with Gasteiger partial charge in [0.1, 0.15) is 10.7 Å². The molecule has 0 spiro atoms. The van der Waals surface area contributed by atoms with Gasteiger partial charge >= 0.3 is 0 Å². The van der Waals surface area contributed by atoms with Gasteiger partial charge in [0.2, 0.25) is 0 Å². The van der Waals surface area contributed by atoms with Gasteiger partial charge in [0.05, 0.1) is 11.9 Å². The number of rotatable bonds is 2.